The van der Waals surface area contributed by atoms with E-state index in [2.05, 4.69) is 48.1 Å². The van der Waals surface area contributed by atoms with Gasteiger partial charge in [0, 0.05) is 24.0 Å². The summed E-state index contributed by atoms with van der Waals surface area (Å²) in [5, 5.41) is 0. The predicted molar refractivity (Wildman–Crippen MR) is 88.5 cm³/mol. The molecule has 21 heavy (non-hydrogen) atoms. The number of hydrogen-bond acceptors (Lipinski definition) is 4. The zero-order valence-corrected chi connectivity index (χ0v) is 13.6. The van der Waals surface area contributed by atoms with Gasteiger partial charge in [0.25, 0.3) is 0 Å². The summed E-state index contributed by atoms with van der Waals surface area (Å²) in [5.74, 6) is 0.789. The Morgan fingerprint density at radius 2 is 2.24 bits per heavy atom. The molecule has 1 aliphatic carbocycles. The maximum absolute atomic E-state index is 6.06. The van der Waals surface area contributed by atoms with Crippen LogP contribution in [0.3, 0.4) is 0 Å². The van der Waals surface area contributed by atoms with Gasteiger partial charge in [0.05, 0.1) is 11.2 Å². The van der Waals surface area contributed by atoms with Crippen LogP contribution >= 0.6 is 11.3 Å². The summed E-state index contributed by atoms with van der Waals surface area (Å²) in [7, 11) is 2.15. The Balaban J connectivity index is 1.77. The van der Waals surface area contributed by atoms with Crippen LogP contribution in [0.4, 0.5) is 0 Å². The van der Waals surface area contributed by atoms with Gasteiger partial charge >= 0.3 is 0 Å². The molecule has 4 heteroatoms. The Labute approximate surface area is 130 Å². The summed E-state index contributed by atoms with van der Waals surface area (Å²) in [6.07, 6.45) is 2.68. The zero-order valence-electron chi connectivity index (χ0n) is 12.7. The van der Waals surface area contributed by atoms with E-state index >= 15 is 0 Å². The second kappa shape index (κ2) is 6.26. The average molecular weight is 301 g/mol. The molecule has 1 aliphatic rings. The van der Waals surface area contributed by atoms with Gasteiger partial charge in [-0.15, -0.1) is 11.3 Å². The second-order valence-corrected chi connectivity index (χ2v) is 6.91. The molecule has 1 fully saturated rings. The highest BCUT2D eigenvalue weighted by Crippen LogP contribution is 2.40. The molecule has 0 amide bonds. The van der Waals surface area contributed by atoms with E-state index in [4.69, 9.17) is 5.73 Å². The summed E-state index contributed by atoms with van der Waals surface area (Å²) in [5.41, 5.74) is 11.9. The lowest BCUT2D eigenvalue weighted by Crippen LogP contribution is -2.30. The number of likely N-dealkylation sites (N-methyl/N-ethyl adjacent to an activating group) is 1. The molecule has 1 heterocycles. The number of benzene rings is 1. The van der Waals surface area contributed by atoms with Gasteiger partial charge in [-0.2, -0.15) is 0 Å². The minimum Gasteiger partial charge on any atom is -0.329 e. The number of aromatic nitrogens is 1. The van der Waals surface area contributed by atoms with Crippen molar-refractivity contribution in [1.82, 2.24) is 9.88 Å². The summed E-state index contributed by atoms with van der Waals surface area (Å²) >= 11 is 1.73. The maximum Gasteiger partial charge on any atom is 0.0798 e. The van der Waals surface area contributed by atoms with Crippen molar-refractivity contribution in [1.29, 1.82) is 0 Å². The van der Waals surface area contributed by atoms with Crippen molar-refractivity contribution in [2.45, 2.75) is 38.3 Å². The third kappa shape index (κ3) is 3.34. The first kappa shape index (κ1) is 14.7. The Morgan fingerprint density at radius 1 is 1.43 bits per heavy atom. The lowest BCUT2D eigenvalue weighted by molar-refractivity contribution is 0.243. The van der Waals surface area contributed by atoms with Crippen molar-refractivity contribution in [3.63, 3.8) is 0 Å². The molecule has 0 bridgehead atoms. The highest BCUT2D eigenvalue weighted by atomic mass is 32.1. The lowest BCUT2D eigenvalue weighted by Gasteiger charge is -2.27. The number of rotatable bonds is 6. The van der Waals surface area contributed by atoms with E-state index in [0.29, 0.717) is 6.54 Å². The SMILES string of the molecule is Cc1ncsc1CN(C)C(CN)c1cccc(C2CC2)c1. The Morgan fingerprint density at radius 3 is 2.86 bits per heavy atom. The molecule has 1 aromatic heterocycles. The molecule has 1 unspecified atom stereocenters. The van der Waals surface area contributed by atoms with Crippen LogP contribution in [0.5, 0.6) is 0 Å². The standard InChI is InChI=1S/C17H23N3S/c1-12-17(21-11-19-12)10-20(2)16(9-18)15-5-3-4-14(8-15)13-6-7-13/h3-5,8,11,13,16H,6-7,9-10,18H2,1-2H3. The molecule has 3 nitrogen and oxygen atoms in total. The molecular formula is C17H23N3S. The number of nitrogens with zero attached hydrogens (tertiary/aromatic N) is 2. The molecule has 1 atom stereocenters. The van der Waals surface area contributed by atoms with Crippen molar-refractivity contribution in [3.8, 4) is 0 Å². The van der Waals surface area contributed by atoms with E-state index < -0.39 is 0 Å². The fourth-order valence-electron chi connectivity index (χ4n) is 2.82. The minimum absolute atomic E-state index is 0.269. The van der Waals surface area contributed by atoms with Crippen molar-refractivity contribution in [2.24, 2.45) is 5.73 Å². The van der Waals surface area contributed by atoms with Crippen molar-refractivity contribution >= 4 is 11.3 Å². The summed E-state index contributed by atoms with van der Waals surface area (Å²) in [6, 6.07) is 9.26. The van der Waals surface area contributed by atoms with E-state index in [-0.39, 0.29) is 6.04 Å². The van der Waals surface area contributed by atoms with E-state index in [1.807, 2.05) is 5.51 Å². The van der Waals surface area contributed by atoms with Crippen LogP contribution in [-0.4, -0.2) is 23.5 Å². The van der Waals surface area contributed by atoms with Crippen LogP contribution in [-0.2, 0) is 6.54 Å². The highest BCUT2D eigenvalue weighted by Gasteiger charge is 2.25. The van der Waals surface area contributed by atoms with Crippen LogP contribution < -0.4 is 5.73 Å². The third-order valence-electron chi connectivity index (χ3n) is 4.34. The van der Waals surface area contributed by atoms with Crippen LogP contribution in [0.15, 0.2) is 29.8 Å². The first-order valence-electron chi connectivity index (χ1n) is 7.58. The highest BCUT2D eigenvalue weighted by molar-refractivity contribution is 7.09. The molecule has 0 radical (unpaired) electrons. The summed E-state index contributed by atoms with van der Waals surface area (Å²) in [4.78, 5) is 8.00. The largest absolute Gasteiger partial charge is 0.329 e. The number of thiazole rings is 1. The molecule has 1 aromatic carbocycles. The number of hydrogen-bond donors (Lipinski definition) is 1. The Hall–Kier alpha value is -1.23. The molecule has 0 spiro atoms. The first-order valence-corrected chi connectivity index (χ1v) is 8.46. The van der Waals surface area contributed by atoms with Crippen molar-refractivity contribution < 1.29 is 0 Å². The van der Waals surface area contributed by atoms with E-state index in [1.165, 1.54) is 28.8 Å². The van der Waals surface area contributed by atoms with Gasteiger partial charge < -0.3 is 5.73 Å². The first-order chi connectivity index (χ1) is 10.2. The normalized spacial score (nSPS) is 16.4. The van der Waals surface area contributed by atoms with E-state index in [9.17, 15) is 0 Å². The summed E-state index contributed by atoms with van der Waals surface area (Å²) in [6.45, 7) is 3.62. The topological polar surface area (TPSA) is 42.2 Å². The predicted octanol–water partition coefficient (Wildman–Crippen LogP) is 3.46. The fourth-order valence-corrected chi connectivity index (χ4v) is 3.66. The van der Waals surface area contributed by atoms with Gasteiger partial charge in [0.15, 0.2) is 0 Å². The van der Waals surface area contributed by atoms with Gasteiger partial charge in [-0.05, 0) is 43.9 Å². The van der Waals surface area contributed by atoms with Crippen LogP contribution in [0.2, 0.25) is 0 Å². The van der Waals surface area contributed by atoms with E-state index in [0.717, 1.165) is 18.2 Å². The number of aryl methyl sites for hydroxylation is 1. The zero-order chi connectivity index (χ0) is 14.8. The Bertz CT molecular complexity index is 604. The quantitative estimate of drug-likeness (QED) is 0.888. The van der Waals surface area contributed by atoms with Crippen LogP contribution in [0.1, 0.15) is 46.5 Å². The van der Waals surface area contributed by atoms with E-state index in [1.54, 1.807) is 11.3 Å². The summed E-state index contributed by atoms with van der Waals surface area (Å²) < 4.78 is 0. The number of nitrogens with two attached hydrogens (primary N) is 1. The van der Waals surface area contributed by atoms with Gasteiger partial charge in [-0.25, -0.2) is 4.98 Å². The third-order valence-corrected chi connectivity index (χ3v) is 5.26. The second-order valence-electron chi connectivity index (χ2n) is 5.97. The Kier molecular flexibility index (Phi) is 4.38. The maximum atomic E-state index is 6.06. The van der Waals surface area contributed by atoms with Crippen LogP contribution in [0, 0.1) is 6.92 Å². The molecular weight excluding hydrogens is 278 g/mol. The molecule has 2 N–H and O–H groups in total. The van der Waals surface area contributed by atoms with Crippen molar-refractivity contribution in [3.05, 3.63) is 51.5 Å². The van der Waals surface area contributed by atoms with Crippen LogP contribution in [0.25, 0.3) is 0 Å². The minimum atomic E-state index is 0.269. The average Bonchev–Trinajstić information content (AvgIpc) is 3.26. The molecule has 3 rings (SSSR count). The molecule has 1 saturated carbocycles. The van der Waals surface area contributed by atoms with Gasteiger partial charge in [-0.1, -0.05) is 24.3 Å². The molecule has 2 aromatic rings. The van der Waals surface area contributed by atoms with Gasteiger partial charge in [0.1, 0.15) is 0 Å². The van der Waals surface area contributed by atoms with Gasteiger partial charge in [0.2, 0.25) is 0 Å². The lowest BCUT2D eigenvalue weighted by atomic mass is 10.0. The molecule has 0 aliphatic heterocycles. The monoisotopic (exact) mass is 301 g/mol. The van der Waals surface area contributed by atoms with Gasteiger partial charge in [-0.3, -0.25) is 4.90 Å². The molecule has 0 saturated heterocycles. The smallest absolute Gasteiger partial charge is 0.0798 e. The van der Waals surface area contributed by atoms with Crippen molar-refractivity contribution in [2.75, 3.05) is 13.6 Å². The fraction of sp³-hybridized carbons (Fsp3) is 0.471. The molecule has 112 valence electrons.